The van der Waals surface area contributed by atoms with Crippen LogP contribution in [-0.2, 0) is 29.1 Å². The summed E-state index contributed by atoms with van der Waals surface area (Å²) in [6, 6.07) is 13.3. The number of pyridine rings is 1. The molecule has 0 radical (unpaired) electrons. The SMILES string of the molecule is CN(C(=O)NCc1ccc(F)cc1)N1CC(=O)N2[C@@H](Cc3ccc(O)cn3)C(=O)N(Cc3cccc4sc(N)nc34)C[C@@H]21. The molecule has 6 rings (SSSR count). The number of urea groups is 1. The molecule has 2 aromatic carbocycles. The largest absolute Gasteiger partial charge is 0.506 e. The van der Waals surface area contributed by atoms with E-state index in [-0.39, 0.29) is 56.0 Å². The Labute approximate surface area is 250 Å². The van der Waals surface area contributed by atoms with E-state index in [9.17, 15) is 23.9 Å². The second-order valence-electron chi connectivity index (χ2n) is 10.5. The van der Waals surface area contributed by atoms with Crippen molar-refractivity contribution in [1.82, 2.24) is 35.1 Å². The summed E-state index contributed by atoms with van der Waals surface area (Å²) in [5.74, 6) is -0.935. The van der Waals surface area contributed by atoms with E-state index in [1.165, 1.54) is 45.6 Å². The number of benzene rings is 2. The molecular formula is C29H29FN8O4S. The molecule has 2 aliphatic heterocycles. The van der Waals surface area contributed by atoms with Crippen molar-refractivity contribution in [2.24, 2.45) is 0 Å². The van der Waals surface area contributed by atoms with Crippen molar-refractivity contribution in [3.63, 3.8) is 0 Å². The molecule has 2 saturated heterocycles. The Bertz CT molecular complexity index is 1680. The molecule has 12 nitrogen and oxygen atoms in total. The third-order valence-electron chi connectivity index (χ3n) is 7.69. The molecule has 0 saturated carbocycles. The number of para-hydroxylation sites is 1. The Morgan fingerprint density at radius 1 is 1.19 bits per heavy atom. The molecule has 0 aliphatic carbocycles. The molecule has 0 unspecified atom stereocenters. The van der Waals surface area contributed by atoms with Gasteiger partial charge in [0.25, 0.3) is 0 Å². The van der Waals surface area contributed by atoms with Crippen LogP contribution in [-0.4, -0.2) is 85.1 Å². The molecule has 0 bridgehead atoms. The maximum atomic E-state index is 14.0. The lowest BCUT2D eigenvalue weighted by molar-refractivity contribution is -0.157. The number of rotatable bonds is 7. The van der Waals surface area contributed by atoms with E-state index in [1.807, 2.05) is 18.2 Å². The van der Waals surface area contributed by atoms with Gasteiger partial charge in [-0.3, -0.25) is 19.6 Å². The number of piperazine rings is 1. The van der Waals surface area contributed by atoms with Crippen LogP contribution in [0.4, 0.5) is 14.3 Å². The molecule has 2 aromatic heterocycles. The number of nitrogen functional groups attached to an aromatic ring is 1. The number of fused-ring (bicyclic) bond motifs is 2. The van der Waals surface area contributed by atoms with Gasteiger partial charge in [-0.1, -0.05) is 35.6 Å². The zero-order chi connectivity index (χ0) is 30.2. The van der Waals surface area contributed by atoms with Crippen LogP contribution in [0.25, 0.3) is 10.2 Å². The van der Waals surface area contributed by atoms with Gasteiger partial charge in [0.15, 0.2) is 5.13 Å². The van der Waals surface area contributed by atoms with Crippen LogP contribution in [0.1, 0.15) is 16.8 Å². The number of amides is 4. The van der Waals surface area contributed by atoms with Gasteiger partial charge in [0, 0.05) is 32.3 Å². The third kappa shape index (κ3) is 5.66. The number of hydrogen-bond donors (Lipinski definition) is 3. The first-order valence-electron chi connectivity index (χ1n) is 13.6. The maximum absolute atomic E-state index is 14.0. The van der Waals surface area contributed by atoms with Gasteiger partial charge in [0.1, 0.15) is 23.8 Å². The van der Waals surface area contributed by atoms with Crippen LogP contribution in [0.2, 0.25) is 0 Å². The number of carbonyl (C=O) groups is 3. The van der Waals surface area contributed by atoms with Crippen molar-refractivity contribution in [3.05, 3.63) is 83.4 Å². The normalized spacial score (nSPS) is 18.7. The number of hydrazine groups is 1. The van der Waals surface area contributed by atoms with Crippen LogP contribution < -0.4 is 11.1 Å². The van der Waals surface area contributed by atoms with Gasteiger partial charge in [-0.25, -0.2) is 14.2 Å². The zero-order valence-corrected chi connectivity index (χ0v) is 24.0. The fraction of sp³-hybridized carbons (Fsp3) is 0.276. The average Bonchev–Trinajstić information content (AvgIpc) is 3.54. The summed E-state index contributed by atoms with van der Waals surface area (Å²) in [6.45, 7) is 0.436. The van der Waals surface area contributed by atoms with E-state index < -0.39 is 18.2 Å². The fourth-order valence-corrected chi connectivity index (χ4v) is 6.33. The smallest absolute Gasteiger partial charge is 0.332 e. The second-order valence-corrected chi connectivity index (χ2v) is 11.5. The molecule has 4 heterocycles. The lowest BCUT2D eigenvalue weighted by atomic mass is 10.0. The highest BCUT2D eigenvalue weighted by atomic mass is 32.1. The maximum Gasteiger partial charge on any atom is 0.332 e. The number of thiazole rings is 1. The Hall–Kier alpha value is -4.82. The summed E-state index contributed by atoms with van der Waals surface area (Å²) in [4.78, 5) is 52.5. The number of aromatic hydroxyl groups is 1. The van der Waals surface area contributed by atoms with E-state index in [1.54, 1.807) is 35.2 Å². The number of hydrogen-bond acceptors (Lipinski definition) is 9. The summed E-state index contributed by atoms with van der Waals surface area (Å²) < 4.78 is 14.2. The van der Waals surface area contributed by atoms with E-state index in [0.29, 0.717) is 16.3 Å². The van der Waals surface area contributed by atoms with E-state index in [2.05, 4.69) is 15.3 Å². The standard InChI is InChI=1S/C29H29FN8O4S/c1-35(29(42)33-12-17-5-7-19(30)8-6-17)37-16-25(40)38-22(11-20-9-10-21(39)13-32-20)27(41)36(15-24(37)38)14-18-3-2-4-23-26(18)34-28(31)43-23/h2-10,13,22,24,39H,11-12,14-16H2,1H3,(H2,31,34)(H,33,42)/t22-,24+/m0/s1. The summed E-state index contributed by atoms with van der Waals surface area (Å²) in [7, 11) is 1.56. The quantitative estimate of drug-likeness (QED) is 0.291. The third-order valence-corrected chi connectivity index (χ3v) is 8.54. The highest BCUT2D eigenvalue weighted by Gasteiger charge is 2.51. The molecule has 2 atom stereocenters. The van der Waals surface area contributed by atoms with Crippen LogP contribution >= 0.6 is 11.3 Å². The predicted octanol–water partition coefficient (Wildman–Crippen LogP) is 2.30. The molecule has 2 aliphatic rings. The Morgan fingerprint density at radius 3 is 2.72 bits per heavy atom. The first-order valence-corrected chi connectivity index (χ1v) is 14.4. The van der Waals surface area contributed by atoms with Crippen molar-refractivity contribution >= 4 is 44.5 Å². The predicted molar refractivity (Wildman–Crippen MR) is 157 cm³/mol. The van der Waals surface area contributed by atoms with Gasteiger partial charge in [0.05, 0.1) is 29.5 Å². The van der Waals surface area contributed by atoms with Gasteiger partial charge < -0.3 is 26.0 Å². The second kappa shape index (κ2) is 11.5. The number of halogens is 1. The minimum absolute atomic E-state index is 0.00875. The molecule has 222 valence electrons. The van der Waals surface area contributed by atoms with Gasteiger partial charge in [-0.2, -0.15) is 5.01 Å². The molecule has 14 heteroatoms. The lowest BCUT2D eigenvalue weighted by Gasteiger charge is -2.45. The number of nitrogens with one attached hydrogen (secondary N) is 1. The Morgan fingerprint density at radius 2 is 1.98 bits per heavy atom. The molecule has 2 fully saturated rings. The highest BCUT2D eigenvalue weighted by Crippen LogP contribution is 2.32. The lowest BCUT2D eigenvalue weighted by Crippen LogP contribution is -2.65. The van der Waals surface area contributed by atoms with Crippen molar-refractivity contribution < 1.29 is 23.9 Å². The first kappa shape index (κ1) is 28.3. The van der Waals surface area contributed by atoms with Crippen LogP contribution in [0.5, 0.6) is 5.75 Å². The fourth-order valence-electron chi connectivity index (χ4n) is 5.55. The topological polar surface area (TPSA) is 148 Å². The first-order chi connectivity index (χ1) is 20.7. The molecule has 0 spiro atoms. The van der Waals surface area contributed by atoms with Gasteiger partial charge >= 0.3 is 6.03 Å². The van der Waals surface area contributed by atoms with E-state index in [0.717, 1.165) is 15.8 Å². The van der Waals surface area contributed by atoms with E-state index >= 15 is 0 Å². The van der Waals surface area contributed by atoms with Crippen molar-refractivity contribution in [2.75, 3.05) is 25.9 Å². The van der Waals surface area contributed by atoms with Gasteiger partial charge in [0.2, 0.25) is 11.8 Å². The van der Waals surface area contributed by atoms with Crippen LogP contribution in [0.15, 0.2) is 60.8 Å². The van der Waals surface area contributed by atoms with E-state index in [4.69, 9.17) is 5.73 Å². The summed E-state index contributed by atoms with van der Waals surface area (Å²) in [5.41, 5.74) is 8.74. The molecule has 43 heavy (non-hydrogen) atoms. The zero-order valence-electron chi connectivity index (χ0n) is 23.2. The number of nitrogens with zero attached hydrogens (tertiary/aromatic N) is 6. The summed E-state index contributed by atoms with van der Waals surface area (Å²) in [6.07, 6.45) is 0.788. The Kier molecular flexibility index (Phi) is 7.54. The molecule has 4 N–H and O–H groups in total. The monoisotopic (exact) mass is 604 g/mol. The summed E-state index contributed by atoms with van der Waals surface area (Å²) >= 11 is 1.36. The van der Waals surface area contributed by atoms with Crippen molar-refractivity contribution in [1.29, 1.82) is 0 Å². The van der Waals surface area contributed by atoms with Crippen molar-refractivity contribution in [2.45, 2.75) is 31.7 Å². The van der Waals surface area contributed by atoms with Crippen LogP contribution in [0, 0.1) is 5.82 Å². The van der Waals surface area contributed by atoms with Gasteiger partial charge in [-0.15, -0.1) is 0 Å². The minimum atomic E-state index is -0.885. The number of anilines is 1. The van der Waals surface area contributed by atoms with Crippen molar-refractivity contribution in [3.8, 4) is 5.75 Å². The Balaban J connectivity index is 1.27. The van der Waals surface area contributed by atoms with Gasteiger partial charge in [-0.05, 0) is 41.5 Å². The minimum Gasteiger partial charge on any atom is -0.506 e. The van der Waals surface area contributed by atoms with Crippen LogP contribution in [0.3, 0.4) is 0 Å². The number of carbonyl (C=O) groups excluding carboxylic acids is 3. The summed E-state index contributed by atoms with van der Waals surface area (Å²) in [5, 5.41) is 15.9. The average molecular weight is 605 g/mol. The highest BCUT2D eigenvalue weighted by molar-refractivity contribution is 7.22. The molecular weight excluding hydrogens is 575 g/mol. The molecule has 4 amide bonds. The number of nitrogens with two attached hydrogens (primary N) is 1. The number of aromatic nitrogens is 2. The molecule has 4 aromatic rings.